The first-order valence-corrected chi connectivity index (χ1v) is 10.1. The van der Waals surface area contributed by atoms with Crippen molar-refractivity contribution in [2.75, 3.05) is 18.8 Å². The van der Waals surface area contributed by atoms with E-state index in [1.54, 1.807) is 4.90 Å². The lowest BCUT2D eigenvalue weighted by Crippen LogP contribution is -2.50. The van der Waals surface area contributed by atoms with Gasteiger partial charge in [-0.2, -0.15) is 10.4 Å². The molecule has 0 spiro atoms. The molecule has 3 N–H and O–H groups in total. The highest BCUT2D eigenvalue weighted by atomic mass is 16.2. The van der Waals surface area contributed by atoms with Crippen molar-refractivity contribution in [1.29, 1.82) is 5.26 Å². The highest BCUT2D eigenvalue weighted by molar-refractivity contribution is 6.05. The predicted molar refractivity (Wildman–Crippen MR) is 121 cm³/mol. The van der Waals surface area contributed by atoms with Gasteiger partial charge in [0, 0.05) is 24.0 Å². The third-order valence-electron chi connectivity index (χ3n) is 6.36. The van der Waals surface area contributed by atoms with Crippen LogP contribution in [0.25, 0.3) is 32.9 Å². The molecule has 5 rings (SSSR count). The molecule has 4 aromatic rings. The Kier molecular flexibility index (Phi) is 4.12. The van der Waals surface area contributed by atoms with E-state index >= 15 is 0 Å². The van der Waals surface area contributed by atoms with E-state index in [2.05, 4.69) is 59.5 Å². The van der Waals surface area contributed by atoms with Crippen molar-refractivity contribution >= 4 is 33.5 Å². The first kappa shape index (κ1) is 18.9. The maximum Gasteiger partial charge on any atom is 0.246 e. The minimum absolute atomic E-state index is 0.0778. The highest BCUT2D eigenvalue weighted by Crippen LogP contribution is 2.40. The number of hydrogen-bond donors (Lipinski definition) is 2. The van der Waals surface area contributed by atoms with Gasteiger partial charge in [0.15, 0.2) is 5.82 Å². The van der Waals surface area contributed by atoms with Gasteiger partial charge in [-0.3, -0.25) is 9.89 Å². The smallest absolute Gasteiger partial charge is 0.246 e. The Morgan fingerprint density at radius 3 is 2.81 bits per heavy atom. The summed E-state index contributed by atoms with van der Waals surface area (Å²) in [6.45, 7) is 8.85. The van der Waals surface area contributed by atoms with Gasteiger partial charge in [-0.1, -0.05) is 18.7 Å². The van der Waals surface area contributed by atoms with Gasteiger partial charge in [-0.25, -0.2) is 0 Å². The van der Waals surface area contributed by atoms with E-state index in [0.717, 1.165) is 44.1 Å². The first-order valence-electron chi connectivity index (χ1n) is 10.1. The normalized spacial score (nSPS) is 14.0. The van der Waals surface area contributed by atoms with Crippen molar-refractivity contribution in [3.63, 3.8) is 0 Å². The summed E-state index contributed by atoms with van der Waals surface area (Å²) in [4.78, 5) is 13.6. The minimum Gasteiger partial charge on any atom is -0.382 e. The summed E-state index contributed by atoms with van der Waals surface area (Å²) in [6.07, 6.45) is 1.33. The number of aromatic amines is 1. The lowest BCUT2D eigenvalue weighted by Gasteiger charge is -2.40. The van der Waals surface area contributed by atoms with Crippen LogP contribution in [0.5, 0.6) is 0 Å². The molecule has 0 saturated carbocycles. The molecule has 1 amide bonds. The second-order valence-corrected chi connectivity index (χ2v) is 8.07. The standard InChI is InChI=1S/C24H22N6O/c1-4-21(31)29-11-16(12-29)30-15(10-25)9-18-14(3)17(6-8-20(18)30)22-13(2)5-7-19-23(22)24(26)28-27-19/h4-9,16H,1,11-12H2,2-3H3,(H3,26,27,28). The van der Waals surface area contributed by atoms with Gasteiger partial charge in [0.2, 0.25) is 5.91 Å². The molecule has 154 valence electrons. The lowest BCUT2D eigenvalue weighted by atomic mass is 9.91. The topological polar surface area (TPSA) is 104 Å². The largest absolute Gasteiger partial charge is 0.382 e. The molecule has 0 aliphatic carbocycles. The van der Waals surface area contributed by atoms with Gasteiger partial charge >= 0.3 is 0 Å². The van der Waals surface area contributed by atoms with E-state index in [-0.39, 0.29) is 11.9 Å². The molecule has 0 bridgehead atoms. The molecule has 31 heavy (non-hydrogen) atoms. The maximum atomic E-state index is 11.8. The lowest BCUT2D eigenvalue weighted by molar-refractivity contribution is -0.131. The van der Waals surface area contributed by atoms with Crippen molar-refractivity contribution in [2.24, 2.45) is 0 Å². The number of carbonyl (C=O) groups excluding carboxylic acids is 1. The number of likely N-dealkylation sites (tertiary alicyclic amines) is 1. The molecule has 7 heteroatoms. The summed E-state index contributed by atoms with van der Waals surface area (Å²) in [6, 6.07) is 12.6. The molecule has 3 heterocycles. The van der Waals surface area contributed by atoms with Crippen molar-refractivity contribution < 1.29 is 4.79 Å². The Hall–Kier alpha value is -4.05. The molecular formula is C24H22N6O. The van der Waals surface area contributed by atoms with Gasteiger partial charge in [0.1, 0.15) is 11.8 Å². The second-order valence-electron chi connectivity index (χ2n) is 8.07. The van der Waals surface area contributed by atoms with Gasteiger partial charge < -0.3 is 15.2 Å². The molecule has 1 fully saturated rings. The zero-order chi connectivity index (χ0) is 21.9. The average Bonchev–Trinajstić information content (AvgIpc) is 3.29. The third-order valence-corrected chi connectivity index (χ3v) is 6.36. The fraction of sp³-hybridized carbons (Fsp3) is 0.208. The molecule has 2 aromatic heterocycles. The predicted octanol–water partition coefficient (Wildman–Crippen LogP) is 3.82. The first-order chi connectivity index (χ1) is 14.9. The van der Waals surface area contributed by atoms with Crippen LogP contribution in [0.1, 0.15) is 22.9 Å². The maximum absolute atomic E-state index is 11.8. The number of hydrogen-bond acceptors (Lipinski definition) is 4. The summed E-state index contributed by atoms with van der Waals surface area (Å²) < 4.78 is 2.05. The number of nitrogens with two attached hydrogens (primary N) is 1. The number of rotatable bonds is 3. The number of nitrogens with one attached hydrogen (secondary N) is 1. The third kappa shape index (κ3) is 2.65. The van der Waals surface area contributed by atoms with Crippen molar-refractivity contribution in [2.45, 2.75) is 19.9 Å². The Morgan fingerprint density at radius 1 is 1.32 bits per heavy atom. The van der Waals surface area contributed by atoms with Crippen molar-refractivity contribution in [1.82, 2.24) is 19.7 Å². The Balaban J connectivity index is 1.67. The molecule has 0 atom stereocenters. The second kappa shape index (κ2) is 6.74. The Labute approximate surface area is 179 Å². The zero-order valence-electron chi connectivity index (χ0n) is 17.4. The number of aryl methyl sites for hydroxylation is 2. The summed E-state index contributed by atoms with van der Waals surface area (Å²) >= 11 is 0. The van der Waals surface area contributed by atoms with E-state index in [1.165, 1.54) is 6.08 Å². The van der Waals surface area contributed by atoms with Crippen LogP contribution in [-0.4, -0.2) is 38.7 Å². The number of aromatic nitrogens is 3. The van der Waals surface area contributed by atoms with E-state index < -0.39 is 0 Å². The van der Waals surface area contributed by atoms with E-state index in [0.29, 0.717) is 24.6 Å². The fourth-order valence-electron chi connectivity index (χ4n) is 4.71. The van der Waals surface area contributed by atoms with Gasteiger partial charge in [-0.15, -0.1) is 0 Å². The van der Waals surface area contributed by atoms with Crippen molar-refractivity contribution in [3.05, 3.63) is 59.8 Å². The van der Waals surface area contributed by atoms with E-state index in [4.69, 9.17) is 5.73 Å². The minimum atomic E-state index is -0.0778. The number of carbonyl (C=O) groups is 1. The van der Waals surface area contributed by atoms with Gasteiger partial charge in [0.25, 0.3) is 0 Å². The SMILES string of the molecule is C=CC(=O)N1CC(n2c(C#N)cc3c(C)c(-c4c(C)ccc5[nH]nc(N)c45)ccc32)C1. The monoisotopic (exact) mass is 410 g/mol. The molecule has 1 aliphatic heterocycles. The van der Waals surface area contributed by atoms with Gasteiger partial charge in [0.05, 0.1) is 16.9 Å². The van der Waals surface area contributed by atoms with Crippen molar-refractivity contribution in [3.8, 4) is 17.2 Å². The van der Waals surface area contributed by atoms with Crippen LogP contribution in [0.4, 0.5) is 5.82 Å². The van der Waals surface area contributed by atoms with Crippen LogP contribution in [0.2, 0.25) is 0 Å². The molecule has 0 radical (unpaired) electrons. The number of H-pyrrole nitrogens is 1. The summed E-state index contributed by atoms with van der Waals surface area (Å²) in [5, 5.41) is 18.9. The number of nitrogen functional groups attached to an aromatic ring is 1. The van der Waals surface area contributed by atoms with Crippen LogP contribution in [0.3, 0.4) is 0 Å². The molecule has 2 aromatic carbocycles. The number of anilines is 1. The number of fused-ring (bicyclic) bond motifs is 2. The van der Waals surface area contributed by atoms with Gasteiger partial charge in [-0.05, 0) is 60.4 Å². The molecular weight excluding hydrogens is 388 g/mol. The van der Waals surface area contributed by atoms with Crippen LogP contribution in [0.15, 0.2) is 43.0 Å². The van der Waals surface area contributed by atoms with Crippen LogP contribution in [-0.2, 0) is 4.79 Å². The average molecular weight is 410 g/mol. The summed E-state index contributed by atoms with van der Waals surface area (Å²) in [7, 11) is 0. The quantitative estimate of drug-likeness (QED) is 0.501. The van der Waals surface area contributed by atoms with E-state index in [1.807, 2.05) is 12.1 Å². The number of nitrogens with zero attached hydrogens (tertiary/aromatic N) is 4. The van der Waals surface area contributed by atoms with Crippen LogP contribution < -0.4 is 5.73 Å². The molecule has 1 aliphatic rings. The van der Waals surface area contributed by atoms with Crippen LogP contribution in [0, 0.1) is 25.2 Å². The summed E-state index contributed by atoms with van der Waals surface area (Å²) in [5.41, 5.74) is 13.0. The number of amides is 1. The highest BCUT2D eigenvalue weighted by Gasteiger charge is 2.33. The number of benzene rings is 2. The zero-order valence-corrected chi connectivity index (χ0v) is 17.4. The number of nitriles is 1. The fourth-order valence-corrected chi connectivity index (χ4v) is 4.71. The van der Waals surface area contributed by atoms with Crippen LogP contribution >= 0.6 is 0 Å². The Morgan fingerprint density at radius 2 is 2.10 bits per heavy atom. The Bertz CT molecular complexity index is 1430. The molecule has 1 saturated heterocycles. The van der Waals surface area contributed by atoms with E-state index in [9.17, 15) is 10.1 Å². The molecule has 7 nitrogen and oxygen atoms in total. The summed E-state index contributed by atoms with van der Waals surface area (Å²) in [5.74, 6) is 0.399. The molecule has 0 unspecified atom stereocenters.